The highest BCUT2D eigenvalue weighted by molar-refractivity contribution is 5.95. The summed E-state index contributed by atoms with van der Waals surface area (Å²) in [6, 6.07) is 0. The van der Waals surface area contributed by atoms with Crippen LogP contribution in [0.2, 0.25) is 0 Å². The molecule has 0 spiro atoms. The van der Waals surface area contributed by atoms with Gasteiger partial charge in [0.2, 0.25) is 0 Å². The molecule has 2 aliphatic rings. The van der Waals surface area contributed by atoms with Gasteiger partial charge in [-0.15, -0.1) is 0 Å². The number of rotatable bonds is 4. The number of nitrogens with zero attached hydrogens (tertiary/aromatic N) is 1. The second-order valence-corrected chi connectivity index (χ2v) is 4.28. The molecule has 2 fully saturated rings. The first-order valence-corrected chi connectivity index (χ1v) is 5.88. The SMILES string of the molecule is CCC(=O)/C(=C\N1CCOCC1)C1CC1. The number of carbonyl (C=O) groups excluding carboxylic acids is 1. The molecule has 0 unspecified atom stereocenters. The Morgan fingerprint density at radius 3 is 2.60 bits per heavy atom. The third-order valence-electron chi connectivity index (χ3n) is 3.03. The van der Waals surface area contributed by atoms with Crippen molar-refractivity contribution in [2.75, 3.05) is 26.3 Å². The molecular weight excluding hydrogens is 190 g/mol. The lowest BCUT2D eigenvalue weighted by molar-refractivity contribution is -0.115. The van der Waals surface area contributed by atoms with Crippen molar-refractivity contribution in [2.24, 2.45) is 5.92 Å². The van der Waals surface area contributed by atoms with Crippen LogP contribution in [-0.4, -0.2) is 37.0 Å². The lowest BCUT2D eigenvalue weighted by Gasteiger charge is -2.26. The van der Waals surface area contributed by atoms with Crippen LogP contribution in [0.15, 0.2) is 11.8 Å². The van der Waals surface area contributed by atoms with E-state index in [1.807, 2.05) is 6.92 Å². The van der Waals surface area contributed by atoms with E-state index in [2.05, 4.69) is 11.1 Å². The molecule has 1 saturated carbocycles. The normalized spacial score (nSPS) is 23.0. The number of carbonyl (C=O) groups is 1. The van der Waals surface area contributed by atoms with Crippen LogP contribution in [-0.2, 0) is 9.53 Å². The van der Waals surface area contributed by atoms with Gasteiger partial charge in [-0.3, -0.25) is 4.79 Å². The Kier molecular flexibility index (Phi) is 3.41. The molecule has 0 radical (unpaired) electrons. The highest BCUT2D eigenvalue weighted by atomic mass is 16.5. The van der Waals surface area contributed by atoms with Crippen molar-refractivity contribution in [1.82, 2.24) is 4.90 Å². The van der Waals surface area contributed by atoms with Gasteiger partial charge in [0, 0.05) is 31.3 Å². The van der Waals surface area contributed by atoms with E-state index >= 15 is 0 Å². The van der Waals surface area contributed by atoms with Crippen molar-refractivity contribution in [3.05, 3.63) is 11.8 Å². The molecule has 0 aromatic heterocycles. The predicted molar refractivity (Wildman–Crippen MR) is 58.5 cm³/mol. The largest absolute Gasteiger partial charge is 0.378 e. The third kappa shape index (κ3) is 2.81. The maximum atomic E-state index is 11.7. The molecule has 0 atom stereocenters. The molecule has 84 valence electrons. The Balaban J connectivity index is 2.01. The summed E-state index contributed by atoms with van der Waals surface area (Å²) in [4.78, 5) is 14.0. The van der Waals surface area contributed by atoms with E-state index in [0.29, 0.717) is 18.1 Å². The molecule has 0 aromatic rings. The van der Waals surface area contributed by atoms with Gasteiger partial charge >= 0.3 is 0 Å². The Hall–Kier alpha value is -0.830. The van der Waals surface area contributed by atoms with E-state index in [4.69, 9.17) is 4.74 Å². The summed E-state index contributed by atoms with van der Waals surface area (Å²) < 4.78 is 5.29. The van der Waals surface area contributed by atoms with Crippen LogP contribution in [0.1, 0.15) is 26.2 Å². The van der Waals surface area contributed by atoms with Gasteiger partial charge in [0.25, 0.3) is 0 Å². The first kappa shape index (κ1) is 10.7. The van der Waals surface area contributed by atoms with Crippen LogP contribution < -0.4 is 0 Å². The van der Waals surface area contributed by atoms with E-state index in [1.54, 1.807) is 0 Å². The van der Waals surface area contributed by atoms with Crippen LogP contribution in [0.5, 0.6) is 0 Å². The minimum absolute atomic E-state index is 0.323. The number of ether oxygens (including phenoxy) is 1. The average molecular weight is 209 g/mol. The van der Waals surface area contributed by atoms with Crippen LogP contribution in [0.3, 0.4) is 0 Å². The lowest BCUT2D eigenvalue weighted by atomic mass is 10.1. The number of allylic oxidation sites excluding steroid dienone is 1. The second kappa shape index (κ2) is 4.79. The summed E-state index contributed by atoms with van der Waals surface area (Å²) >= 11 is 0. The summed E-state index contributed by atoms with van der Waals surface area (Å²) in [6.45, 7) is 5.36. The standard InChI is InChI=1S/C12H19NO2/c1-2-12(14)11(10-3-4-10)9-13-5-7-15-8-6-13/h9-10H,2-8H2,1H3/b11-9-. The minimum atomic E-state index is 0.323. The molecule has 3 nitrogen and oxygen atoms in total. The smallest absolute Gasteiger partial charge is 0.160 e. The van der Waals surface area contributed by atoms with Crippen LogP contribution >= 0.6 is 0 Å². The molecule has 0 aromatic carbocycles. The fourth-order valence-electron chi connectivity index (χ4n) is 1.91. The van der Waals surface area contributed by atoms with Crippen molar-refractivity contribution in [2.45, 2.75) is 26.2 Å². The average Bonchev–Trinajstić information content (AvgIpc) is 3.10. The number of hydrogen-bond donors (Lipinski definition) is 0. The van der Waals surface area contributed by atoms with Crippen molar-refractivity contribution >= 4 is 5.78 Å². The molecule has 2 rings (SSSR count). The molecule has 1 aliphatic heterocycles. The second-order valence-electron chi connectivity index (χ2n) is 4.28. The summed E-state index contributed by atoms with van der Waals surface area (Å²) in [7, 11) is 0. The zero-order valence-electron chi connectivity index (χ0n) is 9.37. The van der Waals surface area contributed by atoms with Gasteiger partial charge in [-0.05, 0) is 18.8 Å². The van der Waals surface area contributed by atoms with E-state index in [0.717, 1.165) is 31.9 Å². The van der Waals surface area contributed by atoms with E-state index < -0.39 is 0 Å². The van der Waals surface area contributed by atoms with Gasteiger partial charge in [0.05, 0.1) is 13.2 Å². The Morgan fingerprint density at radius 1 is 1.40 bits per heavy atom. The third-order valence-corrected chi connectivity index (χ3v) is 3.03. The molecule has 0 N–H and O–H groups in total. The van der Waals surface area contributed by atoms with E-state index in [9.17, 15) is 4.79 Å². The van der Waals surface area contributed by atoms with Crippen molar-refractivity contribution in [3.8, 4) is 0 Å². The molecular formula is C12H19NO2. The first-order valence-electron chi connectivity index (χ1n) is 5.88. The lowest BCUT2D eigenvalue weighted by Crippen LogP contribution is -2.33. The number of morpholine rings is 1. The first-order chi connectivity index (χ1) is 7.31. The molecule has 1 heterocycles. The molecule has 1 aliphatic carbocycles. The summed E-state index contributed by atoms with van der Waals surface area (Å²) in [5.41, 5.74) is 1.06. The Morgan fingerprint density at radius 2 is 2.07 bits per heavy atom. The van der Waals surface area contributed by atoms with E-state index in [-0.39, 0.29) is 0 Å². The van der Waals surface area contributed by atoms with Crippen molar-refractivity contribution in [3.63, 3.8) is 0 Å². The van der Waals surface area contributed by atoms with Gasteiger partial charge in [0.1, 0.15) is 0 Å². The maximum absolute atomic E-state index is 11.7. The fourth-order valence-corrected chi connectivity index (χ4v) is 1.91. The highest BCUT2D eigenvalue weighted by Gasteiger charge is 2.30. The monoisotopic (exact) mass is 209 g/mol. The van der Waals surface area contributed by atoms with E-state index in [1.165, 1.54) is 12.8 Å². The zero-order valence-corrected chi connectivity index (χ0v) is 9.37. The Bertz CT molecular complexity index is 263. The van der Waals surface area contributed by atoms with Crippen molar-refractivity contribution in [1.29, 1.82) is 0 Å². The summed E-state index contributed by atoms with van der Waals surface area (Å²) in [5.74, 6) is 0.879. The highest BCUT2D eigenvalue weighted by Crippen LogP contribution is 2.37. The maximum Gasteiger partial charge on any atom is 0.160 e. The number of hydrogen-bond acceptors (Lipinski definition) is 3. The predicted octanol–water partition coefficient (Wildman–Crippen LogP) is 1.59. The molecule has 0 amide bonds. The van der Waals surface area contributed by atoms with Gasteiger partial charge in [-0.25, -0.2) is 0 Å². The molecule has 1 saturated heterocycles. The summed E-state index contributed by atoms with van der Waals surface area (Å²) in [5, 5.41) is 0. The van der Waals surface area contributed by atoms with Gasteiger partial charge < -0.3 is 9.64 Å². The molecule has 3 heteroatoms. The topological polar surface area (TPSA) is 29.5 Å². The van der Waals surface area contributed by atoms with Gasteiger partial charge in [-0.1, -0.05) is 6.92 Å². The number of Topliss-reactive ketones (excluding diaryl/α,β-unsaturated/α-hetero) is 1. The number of ketones is 1. The quantitative estimate of drug-likeness (QED) is 0.658. The van der Waals surface area contributed by atoms with Crippen molar-refractivity contribution < 1.29 is 9.53 Å². The van der Waals surface area contributed by atoms with Crippen LogP contribution in [0.4, 0.5) is 0 Å². The molecule has 0 bridgehead atoms. The minimum Gasteiger partial charge on any atom is -0.378 e. The van der Waals surface area contributed by atoms with Crippen LogP contribution in [0, 0.1) is 5.92 Å². The molecule has 15 heavy (non-hydrogen) atoms. The van der Waals surface area contributed by atoms with Gasteiger partial charge in [-0.2, -0.15) is 0 Å². The fraction of sp³-hybridized carbons (Fsp3) is 0.750. The van der Waals surface area contributed by atoms with Gasteiger partial charge in [0.15, 0.2) is 5.78 Å². The van der Waals surface area contributed by atoms with Crippen LogP contribution in [0.25, 0.3) is 0 Å². The summed E-state index contributed by atoms with van der Waals surface area (Å²) in [6.07, 6.45) is 5.11. The zero-order chi connectivity index (χ0) is 10.7. The Labute approximate surface area is 91.1 Å².